The Bertz CT molecular complexity index is 536. The number of nitrogen functional groups attached to an aromatic ring is 1. The number of allylic oxidation sites excluding steroid dienone is 2. The molecular weight excluding hydrogens is 292 g/mol. The summed E-state index contributed by atoms with van der Waals surface area (Å²) in [6.45, 7) is 7.49. The number of anilines is 2. The van der Waals surface area contributed by atoms with E-state index in [2.05, 4.69) is 18.5 Å². The molecule has 6 heteroatoms. The second kappa shape index (κ2) is 7.59. The lowest BCUT2D eigenvalue weighted by atomic mass is 10.0. The number of nitrogens with two attached hydrogens (primary N) is 1. The van der Waals surface area contributed by atoms with Gasteiger partial charge in [0.05, 0.1) is 11.4 Å². The summed E-state index contributed by atoms with van der Waals surface area (Å²) in [5.74, 6) is 0.859. The molecule has 2 rings (SSSR count). The van der Waals surface area contributed by atoms with Crippen molar-refractivity contribution in [3.8, 4) is 11.5 Å². The molecule has 1 aliphatic rings. The maximum absolute atomic E-state index is 12.2. The van der Waals surface area contributed by atoms with Gasteiger partial charge in [0.15, 0.2) is 11.5 Å². The lowest BCUT2D eigenvalue weighted by Crippen LogP contribution is -2.22. The fourth-order valence-corrected chi connectivity index (χ4v) is 2.01. The second-order valence-electron chi connectivity index (χ2n) is 4.53. The molecule has 0 radical (unpaired) electrons. The first-order valence-corrected chi connectivity index (χ1v) is 6.37. The van der Waals surface area contributed by atoms with E-state index in [-0.39, 0.29) is 31.0 Å². The van der Waals surface area contributed by atoms with Gasteiger partial charge in [-0.3, -0.25) is 4.79 Å². The minimum absolute atomic E-state index is 0. The van der Waals surface area contributed by atoms with Crippen molar-refractivity contribution in [2.45, 2.75) is 12.8 Å². The fraction of sp³-hybridized carbons (Fsp3) is 0.267. The Labute approximate surface area is 130 Å². The summed E-state index contributed by atoms with van der Waals surface area (Å²) in [5.41, 5.74) is 6.87. The van der Waals surface area contributed by atoms with Crippen LogP contribution in [0.25, 0.3) is 0 Å². The number of rotatable bonds is 6. The number of fused-ring (bicyclic) bond motifs is 1. The van der Waals surface area contributed by atoms with Gasteiger partial charge in [0.2, 0.25) is 12.7 Å². The zero-order valence-corrected chi connectivity index (χ0v) is 12.4. The van der Waals surface area contributed by atoms with Crippen LogP contribution in [0.15, 0.2) is 37.4 Å². The number of nitrogens with one attached hydrogen (secondary N) is 1. The van der Waals surface area contributed by atoms with Gasteiger partial charge in [-0.1, -0.05) is 12.2 Å². The zero-order valence-electron chi connectivity index (χ0n) is 11.6. The summed E-state index contributed by atoms with van der Waals surface area (Å²) in [4.78, 5) is 12.2. The van der Waals surface area contributed by atoms with Crippen LogP contribution in [0.2, 0.25) is 0 Å². The molecule has 1 aromatic rings. The molecule has 0 saturated carbocycles. The maximum Gasteiger partial charge on any atom is 0.231 e. The average Bonchev–Trinajstić information content (AvgIpc) is 2.86. The van der Waals surface area contributed by atoms with E-state index in [1.807, 2.05) is 0 Å². The first kappa shape index (κ1) is 16.9. The summed E-state index contributed by atoms with van der Waals surface area (Å²) in [5, 5.41) is 2.81. The van der Waals surface area contributed by atoms with Crippen molar-refractivity contribution in [3.63, 3.8) is 0 Å². The van der Waals surface area contributed by atoms with E-state index in [0.717, 1.165) is 0 Å². The normalized spacial score (nSPS) is 11.7. The van der Waals surface area contributed by atoms with Gasteiger partial charge in [-0.15, -0.1) is 25.6 Å². The predicted octanol–water partition coefficient (Wildman–Crippen LogP) is 3.13. The fourth-order valence-electron chi connectivity index (χ4n) is 2.01. The molecule has 1 heterocycles. The third-order valence-electron chi connectivity index (χ3n) is 3.08. The molecule has 1 aliphatic heterocycles. The van der Waals surface area contributed by atoms with Crippen molar-refractivity contribution in [1.82, 2.24) is 0 Å². The van der Waals surface area contributed by atoms with Gasteiger partial charge >= 0.3 is 0 Å². The quantitative estimate of drug-likeness (QED) is 0.625. The van der Waals surface area contributed by atoms with Crippen LogP contribution >= 0.6 is 12.4 Å². The van der Waals surface area contributed by atoms with Crippen molar-refractivity contribution in [2.24, 2.45) is 5.92 Å². The van der Waals surface area contributed by atoms with E-state index in [9.17, 15) is 4.79 Å². The van der Waals surface area contributed by atoms with Crippen molar-refractivity contribution < 1.29 is 14.3 Å². The van der Waals surface area contributed by atoms with Gasteiger partial charge in [0.25, 0.3) is 0 Å². The third kappa shape index (κ3) is 3.92. The third-order valence-corrected chi connectivity index (χ3v) is 3.08. The van der Waals surface area contributed by atoms with Crippen molar-refractivity contribution in [2.75, 3.05) is 17.8 Å². The smallest absolute Gasteiger partial charge is 0.231 e. The highest BCUT2D eigenvalue weighted by molar-refractivity contribution is 5.96. The summed E-state index contributed by atoms with van der Waals surface area (Å²) >= 11 is 0. The Morgan fingerprint density at radius 3 is 2.43 bits per heavy atom. The lowest BCUT2D eigenvalue weighted by Gasteiger charge is -2.15. The molecule has 0 unspecified atom stereocenters. The van der Waals surface area contributed by atoms with Gasteiger partial charge in [0.1, 0.15) is 0 Å². The van der Waals surface area contributed by atoms with Crippen LogP contribution in [0, 0.1) is 5.92 Å². The van der Waals surface area contributed by atoms with Gasteiger partial charge in [-0.05, 0) is 12.8 Å². The molecule has 5 nitrogen and oxygen atoms in total. The van der Waals surface area contributed by atoms with Gasteiger partial charge in [-0.2, -0.15) is 0 Å². The summed E-state index contributed by atoms with van der Waals surface area (Å²) in [6.07, 6.45) is 4.61. The number of carbonyl (C=O) groups excluding carboxylic acids is 1. The molecular formula is C15H19ClN2O3. The SMILES string of the molecule is C=CCC(CC=C)C(=O)Nc1cc2c(cc1N)OCO2.Cl. The molecule has 114 valence electrons. The van der Waals surface area contributed by atoms with Gasteiger partial charge in [0, 0.05) is 18.1 Å². The van der Waals surface area contributed by atoms with Crippen LogP contribution in [-0.2, 0) is 4.79 Å². The van der Waals surface area contributed by atoms with E-state index < -0.39 is 0 Å². The predicted molar refractivity (Wildman–Crippen MR) is 86.0 cm³/mol. The van der Waals surface area contributed by atoms with Crippen LogP contribution < -0.4 is 20.5 Å². The first-order valence-electron chi connectivity index (χ1n) is 6.37. The Morgan fingerprint density at radius 1 is 1.29 bits per heavy atom. The topological polar surface area (TPSA) is 73.6 Å². The molecule has 0 spiro atoms. The molecule has 1 aromatic carbocycles. The first-order chi connectivity index (χ1) is 9.65. The molecule has 0 atom stereocenters. The van der Waals surface area contributed by atoms with Crippen LogP contribution in [0.4, 0.5) is 11.4 Å². The van der Waals surface area contributed by atoms with E-state index in [0.29, 0.717) is 35.7 Å². The Kier molecular flexibility index (Phi) is 6.11. The van der Waals surface area contributed by atoms with Crippen molar-refractivity contribution >= 4 is 29.7 Å². The molecule has 0 bridgehead atoms. The van der Waals surface area contributed by atoms with Crippen molar-refractivity contribution in [3.05, 3.63) is 37.4 Å². The number of ether oxygens (including phenoxy) is 2. The highest BCUT2D eigenvalue weighted by atomic mass is 35.5. The largest absolute Gasteiger partial charge is 0.454 e. The number of halogens is 1. The molecule has 3 N–H and O–H groups in total. The molecule has 0 fully saturated rings. The number of hydrogen-bond donors (Lipinski definition) is 2. The molecule has 21 heavy (non-hydrogen) atoms. The van der Waals surface area contributed by atoms with E-state index in [1.165, 1.54) is 0 Å². The minimum atomic E-state index is -0.199. The number of amides is 1. The maximum atomic E-state index is 12.2. The molecule has 0 aromatic heterocycles. The number of hydrogen-bond acceptors (Lipinski definition) is 4. The summed E-state index contributed by atoms with van der Waals surface area (Å²) in [7, 11) is 0. The summed E-state index contributed by atoms with van der Waals surface area (Å²) in [6, 6.07) is 3.32. The number of carbonyl (C=O) groups is 1. The number of benzene rings is 1. The van der Waals surface area contributed by atoms with Crippen LogP contribution in [0.1, 0.15) is 12.8 Å². The molecule has 0 saturated heterocycles. The Morgan fingerprint density at radius 2 is 1.86 bits per heavy atom. The standard InChI is InChI=1S/C15H18N2O3.ClH/c1-3-5-10(6-4-2)15(18)17-12-8-14-13(7-11(12)16)19-9-20-14;/h3-4,7-8,10H,1-2,5-6,9,16H2,(H,17,18);1H. The molecule has 0 aliphatic carbocycles. The van der Waals surface area contributed by atoms with Gasteiger partial charge in [-0.25, -0.2) is 0 Å². The minimum Gasteiger partial charge on any atom is -0.454 e. The summed E-state index contributed by atoms with van der Waals surface area (Å²) < 4.78 is 10.5. The molecule has 1 amide bonds. The van der Waals surface area contributed by atoms with E-state index in [4.69, 9.17) is 15.2 Å². The second-order valence-corrected chi connectivity index (χ2v) is 4.53. The monoisotopic (exact) mass is 310 g/mol. The lowest BCUT2D eigenvalue weighted by molar-refractivity contribution is -0.119. The zero-order chi connectivity index (χ0) is 14.5. The van der Waals surface area contributed by atoms with Gasteiger partial charge < -0.3 is 20.5 Å². The van der Waals surface area contributed by atoms with Crippen LogP contribution in [0.3, 0.4) is 0 Å². The van der Waals surface area contributed by atoms with E-state index >= 15 is 0 Å². The highest BCUT2D eigenvalue weighted by Crippen LogP contribution is 2.38. The average molecular weight is 311 g/mol. The highest BCUT2D eigenvalue weighted by Gasteiger charge is 2.20. The Balaban J connectivity index is 0.00000220. The van der Waals surface area contributed by atoms with Crippen molar-refractivity contribution in [1.29, 1.82) is 0 Å². The van der Waals surface area contributed by atoms with E-state index in [1.54, 1.807) is 24.3 Å². The Hall–Kier alpha value is -2.14. The van der Waals surface area contributed by atoms with Crippen LogP contribution in [0.5, 0.6) is 11.5 Å². The van der Waals surface area contributed by atoms with Crippen LogP contribution in [-0.4, -0.2) is 12.7 Å².